The van der Waals surface area contributed by atoms with Crippen LogP contribution in [0.3, 0.4) is 0 Å². The number of hydrogen-bond acceptors (Lipinski definition) is 5. The molecule has 82 valence electrons. The van der Waals surface area contributed by atoms with Gasteiger partial charge in [0, 0.05) is 0 Å². The lowest BCUT2D eigenvalue weighted by molar-refractivity contribution is -0.154. The predicted molar refractivity (Wildman–Crippen MR) is 50.1 cm³/mol. The maximum Gasteiger partial charge on any atom is 0.331 e. The zero-order chi connectivity index (χ0) is 10.4. The van der Waals surface area contributed by atoms with E-state index in [1.54, 1.807) is 14.0 Å². The lowest BCUT2D eigenvalue weighted by atomic mass is 10.0. The molecule has 1 aliphatic heterocycles. The fraction of sp³-hybridized carbons (Fsp3) is 0.889. The summed E-state index contributed by atoms with van der Waals surface area (Å²) in [6.45, 7) is 3.76. The van der Waals surface area contributed by atoms with Crippen molar-refractivity contribution in [2.75, 3.05) is 40.1 Å². The highest BCUT2D eigenvalue weighted by Crippen LogP contribution is 2.12. The van der Waals surface area contributed by atoms with Crippen molar-refractivity contribution in [3.63, 3.8) is 0 Å². The third kappa shape index (κ3) is 2.43. The van der Waals surface area contributed by atoms with Gasteiger partial charge < -0.3 is 19.5 Å². The number of carbonyl (C=O) groups excluding carboxylic acids is 1. The zero-order valence-electron chi connectivity index (χ0n) is 8.67. The molecule has 1 saturated heterocycles. The number of hydrogen-bond donors (Lipinski definition) is 1. The van der Waals surface area contributed by atoms with E-state index in [-0.39, 0.29) is 5.97 Å². The van der Waals surface area contributed by atoms with Crippen molar-refractivity contribution in [3.05, 3.63) is 0 Å². The molecule has 1 rings (SSSR count). The van der Waals surface area contributed by atoms with E-state index in [0.29, 0.717) is 33.0 Å². The Labute approximate surface area is 83.7 Å². The Morgan fingerprint density at radius 3 is 2.43 bits per heavy atom. The van der Waals surface area contributed by atoms with Crippen LogP contribution in [0.5, 0.6) is 0 Å². The van der Waals surface area contributed by atoms with Gasteiger partial charge in [0.25, 0.3) is 0 Å². The van der Waals surface area contributed by atoms with Crippen LogP contribution in [0.15, 0.2) is 0 Å². The molecule has 0 saturated carbocycles. The summed E-state index contributed by atoms with van der Waals surface area (Å²) >= 11 is 0. The summed E-state index contributed by atoms with van der Waals surface area (Å²) in [5.74, 6) is -0.315. The van der Waals surface area contributed by atoms with E-state index in [4.69, 9.17) is 14.2 Å². The second kappa shape index (κ2) is 5.29. The fourth-order valence-corrected chi connectivity index (χ4v) is 1.29. The van der Waals surface area contributed by atoms with Crippen LogP contribution in [0, 0.1) is 0 Å². The van der Waals surface area contributed by atoms with E-state index in [2.05, 4.69) is 5.32 Å². The van der Waals surface area contributed by atoms with Gasteiger partial charge in [-0.1, -0.05) is 0 Å². The van der Waals surface area contributed by atoms with Gasteiger partial charge in [-0.2, -0.15) is 0 Å². The second-order valence-corrected chi connectivity index (χ2v) is 3.16. The standard InChI is InChI=1S/C9H17NO4/c1-3-14-8(11)9(10-2)6-12-4-5-13-7-9/h10H,3-7H2,1-2H3. The second-order valence-electron chi connectivity index (χ2n) is 3.16. The molecule has 0 aliphatic carbocycles. The van der Waals surface area contributed by atoms with Crippen LogP contribution in [-0.2, 0) is 19.0 Å². The number of esters is 1. The van der Waals surface area contributed by atoms with E-state index in [1.807, 2.05) is 0 Å². The number of likely N-dealkylation sites (N-methyl/N-ethyl adjacent to an activating group) is 1. The highest BCUT2D eigenvalue weighted by atomic mass is 16.6. The van der Waals surface area contributed by atoms with Crippen molar-refractivity contribution in [1.82, 2.24) is 5.32 Å². The average Bonchev–Trinajstić information content (AvgIpc) is 2.44. The maximum atomic E-state index is 11.7. The summed E-state index contributed by atoms with van der Waals surface area (Å²) in [4.78, 5) is 11.7. The molecule has 5 nitrogen and oxygen atoms in total. The van der Waals surface area contributed by atoms with Gasteiger partial charge in [-0.25, -0.2) is 4.79 Å². The van der Waals surface area contributed by atoms with Crippen LogP contribution in [-0.4, -0.2) is 51.6 Å². The Bertz CT molecular complexity index is 187. The van der Waals surface area contributed by atoms with Crippen molar-refractivity contribution in [3.8, 4) is 0 Å². The zero-order valence-corrected chi connectivity index (χ0v) is 8.67. The van der Waals surface area contributed by atoms with Gasteiger partial charge in [-0.3, -0.25) is 0 Å². The van der Waals surface area contributed by atoms with E-state index < -0.39 is 5.54 Å². The number of carbonyl (C=O) groups is 1. The Kier molecular flexibility index (Phi) is 4.31. The molecule has 0 spiro atoms. The first-order valence-corrected chi connectivity index (χ1v) is 4.77. The molecule has 0 aromatic heterocycles. The number of rotatable bonds is 3. The van der Waals surface area contributed by atoms with E-state index >= 15 is 0 Å². The molecule has 0 unspecified atom stereocenters. The van der Waals surface area contributed by atoms with Crippen molar-refractivity contribution in [2.45, 2.75) is 12.5 Å². The van der Waals surface area contributed by atoms with Crippen LogP contribution in [0.1, 0.15) is 6.92 Å². The van der Waals surface area contributed by atoms with Crippen LogP contribution in [0.4, 0.5) is 0 Å². The molecular weight excluding hydrogens is 186 g/mol. The first kappa shape index (κ1) is 11.4. The topological polar surface area (TPSA) is 56.8 Å². The molecule has 1 N–H and O–H groups in total. The SMILES string of the molecule is CCOC(=O)C1(NC)COCCOC1. The molecule has 1 heterocycles. The minimum atomic E-state index is -0.841. The molecule has 0 amide bonds. The van der Waals surface area contributed by atoms with E-state index in [1.165, 1.54) is 0 Å². The highest BCUT2D eigenvalue weighted by molar-refractivity contribution is 5.81. The molecule has 1 fully saturated rings. The molecular formula is C9H17NO4. The van der Waals surface area contributed by atoms with Crippen molar-refractivity contribution in [2.24, 2.45) is 0 Å². The summed E-state index contributed by atoms with van der Waals surface area (Å²) < 4.78 is 15.5. The quantitative estimate of drug-likeness (QED) is 0.630. The first-order chi connectivity index (χ1) is 6.75. The van der Waals surface area contributed by atoms with Crippen LogP contribution in [0.2, 0.25) is 0 Å². The first-order valence-electron chi connectivity index (χ1n) is 4.77. The molecule has 0 aromatic rings. The third-order valence-corrected chi connectivity index (χ3v) is 2.21. The molecule has 5 heteroatoms. The largest absolute Gasteiger partial charge is 0.464 e. The van der Waals surface area contributed by atoms with Gasteiger partial charge in [0.15, 0.2) is 5.54 Å². The van der Waals surface area contributed by atoms with Gasteiger partial charge in [0.1, 0.15) is 0 Å². The normalized spacial score (nSPS) is 21.3. The summed E-state index contributed by atoms with van der Waals surface area (Å²) in [5.41, 5.74) is -0.841. The van der Waals surface area contributed by atoms with Crippen molar-refractivity contribution >= 4 is 5.97 Å². The Morgan fingerprint density at radius 2 is 2.00 bits per heavy atom. The van der Waals surface area contributed by atoms with Gasteiger partial charge in [0.2, 0.25) is 0 Å². The Morgan fingerprint density at radius 1 is 1.43 bits per heavy atom. The van der Waals surface area contributed by atoms with Gasteiger partial charge in [-0.05, 0) is 14.0 Å². The van der Waals surface area contributed by atoms with Gasteiger partial charge in [0.05, 0.1) is 33.0 Å². The average molecular weight is 203 g/mol. The van der Waals surface area contributed by atoms with Crippen molar-refractivity contribution < 1.29 is 19.0 Å². The molecule has 0 radical (unpaired) electrons. The predicted octanol–water partition coefficient (Wildman–Crippen LogP) is -0.445. The summed E-state index contributed by atoms with van der Waals surface area (Å²) in [6, 6.07) is 0. The lowest BCUT2D eigenvalue weighted by Crippen LogP contribution is -2.57. The molecule has 1 aliphatic rings. The van der Waals surface area contributed by atoms with Crippen LogP contribution in [0.25, 0.3) is 0 Å². The smallest absolute Gasteiger partial charge is 0.331 e. The molecule has 0 aromatic carbocycles. The van der Waals surface area contributed by atoms with Crippen LogP contribution < -0.4 is 5.32 Å². The third-order valence-electron chi connectivity index (χ3n) is 2.21. The Balaban J connectivity index is 2.66. The molecule has 0 atom stereocenters. The number of ether oxygens (including phenoxy) is 3. The van der Waals surface area contributed by atoms with Gasteiger partial charge >= 0.3 is 5.97 Å². The van der Waals surface area contributed by atoms with Crippen molar-refractivity contribution in [1.29, 1.82) is 0 Å². The highest BCUT2D eigenvalue weighted by Gasteiger charge is 2.40. The number of nitrogens with one attached hydrogen (secondary N) is 1. The van der Waals surface area contributed by atoms with E-state index in [9.17, 15) is 4.79 Å². The monoisotopic (exact) mass is 203 g/mol. The minimum Gasteiger partial charge on any atom is -0.464 e. The minimum absolute atomic E-state index is 0.294. The fourth-order valence-electron chi connectivity index (χ4n) is 1.29. The van der Waals surface area contributed by atoms with Crippen LogP contribution >= 0.6 is 0 Å². The van der Waals surface area contributed by atoms with Gasteiger partial charge in [-0.15, -0.1) is 0 Å². The Hall–Kier alpha value is -0.650. The van der Waals surface area contributed by atoms with E-state index in [0.717, 1.165) is 0 Å². The maximum absolute atomic E-state index is 11.7. The lowest BCUT2D eigenvalue weighted by Gasteiger charge is -2.27. The summed E-state index contributed by atoms with van der Waals surface area (Å²) in [7, 11) is 1.70. The summed E-state index contributed by atoms with van der Waals surface area (Å²) in [6.07, 6.45) is 0. The summed E-state index contributed by atoms with van der Waals surface area (Å²) in [5, 5.41) is 2.92. The molecule has 0 bridgehead atoms. The molecule has 14 heavy (non-hydrogen) atoms.